The number of hydrogen-bond acceptors (Lipinski definition) is 6. The van der Waals surface area contributed by atoms with Gasteiger partial charge in [-0.1, -0.05) is 29.8 Å². The third-order valence-electron chi connectivity index (χ3n) is 4.84. The monoisotopic (exact) mass is 447 g/mol. The fourth-order valence-electron chi connectivity index (χ4n) is 3.33. The Morgan fingerprint density at radius 3 is 2.72 bits per heavy atom. The van der Waals surface area contributed by atoms with E-state index < -0.39 is 0 Å². The number of carbonyl (C=O) groups excluding carboxylic acids is 1. The van der Waals surface area contributed by atoms with Crippen LogP contribution in [0.3, 0.4) is 0 Å². The van der Waals surface area contributed by atoms with Gasteiger partial charge in [0.1, 0.15) is 5.01 Å². The van der Waals surface area contributed by atoms with E-state index in [0.29, 0.717) is 11.6 Å². The fourth-order valence-corrected chi connectivity index (χ4v) is 5.14. The average molecular weight is 448 g/mol. The molecule has 29 heavy (non-hydrogen) atoms. The number of nitrogens with one attached hydrogen (secondary N) is 1. The third-order valence-corrected chi connectivity index (χ3v) is 7.00. The molecule has 1 amide bonds. The standard InChI is InChI=1S/C21H22ClN3O2S2/c22-16-5-3-15(4-6-16)21-24-17(14-29-21)12-20(26)23-13-18(19-2-1-11-28-19)25-7-9-27-10-8-25/h1-6,11,14,18H,7-10,12-13H2,(H,23,26). The molecule has 1 atom stereocenters. The summed E-state index contributed by atoms with van der Waals surface area (Å²) in [4.78, 5) is 20.8. The topological polar surface area (TPSA) is 54.5 Å². The number of halogens is 1. The molecule has 152 valence electrons. The molecule has 0 saturated carbocycles. The summed E-state index contributed by atoms with van der Waals surface area (Å²) in [6.45, 7) is 3.84. The number of nitrogens with zero attached hydrogens (tertiary/aromatic N) is 2. The van der Waals surface area contributed by atoms with Crippen molar-refractivity contribution in [1.29, 1.82) is 0 Å². The summed E-state index contributed by atoms with van der Waals surface area (Å²) in [6, 6.07) is 12.0. The normalized spacial score (nSPS) is 15.9. The van der Waals surface area contributed by atoms with E-state index in [1.165, 1.54) is 4.88 Å². The van der Waals surface area contributed by atoms with Gasteiger partial charge < -0.3 is 10.1 Å². The van der Waals surface area contributed by atoms with E-state index in [9.17, 15) is 4.79 Å². The molecule has 0 bridgehead atoms. The summed E-state index contributed by atoms with van der Waals surface area (Å²) in [5.74, 6) is -0.00669. The SMILES string of the molecule is O=C(Cc1csc(-c2ccc(Cl)cc2)n1)NCC(c1cccs1)N1CCOCC1. The van der Waals surface area contributed by atoms with Gasteiger partial charge in [0.25, 0.3) is 0 Å². The molecule has 4 rings (SSSR count). The Morgan fingerprint density at radius 1 is 1.21 bits per heavy atom. The molecule has 3 heterocycles. The van der Waals surface area contributed by atoms with Crippen molar-refractivity contribution in [2.75, 3.05) is 32.8 Å². The molecule has 5 nitrogen and oxygen atoms in total. The Morgan fingerprint density at radius 2 is 2.00 bits per heavy atom. The fraction of sp³-hybridized carbons (Fsp3) is 0.333. The predicted octanol–water partition coefficient (Wildman–Crippen LogP) is 4.26. The average Bonchev–Trinajstić information content (AvgIpc) is 3.42. The summed E-state index contributed by atoms with van der Waals surface area (Å²) in [5.41, 5.74) is 1.80. The van der Waals surface area contributed by atoms with Crippen molar-refractivity contribution < 1.29 is 9.53 Å². The van der Waals surface area contributed by atoms with Gasteiger partial charge in [0.05, 0.1) is 31.4 Å². The van der Waals surface area contributed by atoms with Crippen molar-refractivity contribution in [1.82, 2.24) is 15.2 Å². The van der Waals surface area contributed by atoms with Crippen LogP contribution in [-0.2, 0) is 16.0 Å². The number of aromatic nitrogens is 1. The maximum Gasteiger partial charge on any atom is 0.226 e. The van der Waals surface area contributed by atoms with E-state index >= 15 is 0 Å². The molecule has 1 N–H and O–H groups in total. The third kappa shape index (κ3) is 5.43. The van der Waals surface area contributed by atoms with Gasteiger partial charge in [0.2, 0.25) is 5.91 Å². The lowest BCUT2D eigenvalue weighted by molar-refractivity contribution is -0.120. The van der Waals surface area contributed by atoms with Gasteiger partial charge in [-0.3, -0.25) is 9.69 Å². The number of carbonyl (C=O) groups is 1. The minimum atomic E-state index is -0.00669. The molecule has 0 aliphatic carbocycles. The van der Waals surface area contributed by atoms with E-state index in [1.54, 1.807) is 22.7 Å². The van der Waals surface area contributed by atoms with Gasteiger partial charge in [-0.2, -0.15) is 0 Å². The Balaban J connectivity index is 1.35. The van der Waals surface area contributed by atoms with Crippen molar-refractivity contribution in [3.05, 3.63) is 62.8 Å². The Labute approximate surface area is 183 Å². The molecule has 8 heteroatoms. The maximum atomic E-state index is 12.6. The Bertz CT molecular complexity index is 922. The number of ether oxygens (including phenoxy) is 1. The zero-order valence-corrected chi connectivity index (χ0v) is 18.2. The summed E-state index contributed by atoms with van der Waals surface area (Å²) in [7, 11) is 0. The Kier molecular flexibility index (Phi) is 6.94. The molecule has 3 aromatic rings. The number of thiophene rings is 1. The molecule has 1 saturated heterocycles. The summed E-state index contributed by atoms with van der Waals surface area (Å²) >= 11 is 9.22. The van der Waals surface area contributed by atoms with Gasteiger partial charge in [0, 0.05) is 40.5 Å². The second-order valence-electron chi connectivity index (χ2n) is 6.81. The highest BCUT2D eigenvalue weighted by molar-refractivity contribution is 7.13. The van der Waals surface area contributed by atoms with Crippen LogP contribution in [0.5, 0.6) is 0 Å². The lowest BCUT2D eigenvalue weighted by atomic mass is 10.2. The lowest BCUT2D eigenvalue weighted by Gasteiger charge is -2.34. The van der Waals surface area contributed by atoms with Crippen LogP contribution < -0.4 is 5.32 Å². The molecule has 0 radical (unpaired) electrons. The number of thiazole rings is 1. The van der Waals surface area contributed by atoms with Crippen molar-refractivity contribution in [2.24, 2.45) is 0 Å². The van der Waals surface area contributed by atoms with Crippen LogP contribution in [0.1, 0.15) is 16.6 Å². The second-order valence-corrected chi connectivity index (χ2v) is 9.09. The van der Waals surface area contributed by atoms with Crippen LogP contribution in [0.2, 0.25) is 5.02 Å². The van der Waals surface area contributed by atoms with Crippen molar-refractivity contribution in [3.63, 3.8) is 0 Å². The van der Waals surface area contributed by atoms with Gasteiger partial charge >= 0.3 is 0 Å². The highest BCUT2D eigenvalue weighted by Crippen LogP contribution is 2.26. The molecular weight excluding hydrogens is 426 g/mol. The molecular formula is C21H22ClN3O2S2. The number of hydrogen-bond donors (Lipinski definition) is 1. The van der Waals surface area contributed by atoms with Crippen molar-refractivity contribution >= 4 is 40.2 Å². The first-order chi connectivity index (χ1) is 14.2. The smallest absolute Gasteiger partial charge is 0.226 e. The number of morpholine rings is 1. The quantitative estimate of drug-likeness (QED) is 0.588. The first-order valence-corrected chi connectivity index (χ1v) is 11.6. The first-order valence-electron chi connectivity index (χ1n) is 9.51. The second kappa shape index (κ2) is 9.82. The van der Waals surface area contributed by atoms with Gasteiger partial charge in [-0.25, -0.2) is 4.98 Å². The van der Waals surface area contributed by atoms with E-state index in [4.69, 9.17) is 16.3 Å². The molecule has 1 aliphatic rings. The molecule has 1 aromatic carbocycles. The van der Waals surface area contributed by atoms with Crippen LogP contribution in [-0.4, -0.2) is 48.6 Å². The Hall–Kier alpha value is -1.77. The largest absolute Gasteiger partial charge is 0.379 e. The van der Waals surface area contributed by atoms with Crippen LogP contribution in [0.4, 0.5) is 0 Å². The van der Waals surface area contributed by atoms with Crippen LogP contribution in [0.25, 0.3) is 10.6 Å². The molecule has 2 aromatic heterocycles. The highest BCUT2D eigenvalue weighted by Gasteiger charge is 2.24. The minimum Gasteiger partial charge on any atom is -0.379 e. The van der Waals surface area contributed by atoms with Gasteiger partial charge in [0.15, 0.2) is 0 Å². The van der Waals surface area contributed by atoms with Crippen LogP contribution >= 0.6 is 34.3 Å². The van der Waals surface area contributed by atoms with E-state index in [2.05, 4.69) is 32.7 Å². The molecule has 1 aliphatic heterocycles. The molecule has 1 fully saturated rings. The first kappa shape index (κ1) is 20.5. The van der Waals surface area contributed by atoms with E-state index in [1.807, 2.05) is 29.6 Å². The summed E-state index contributed by atoms with van der Waals surface area (Å²) < 4.78 is 5.48. The molecule has 1 unspecified atom stereocenters. The minimum absolute atomic E-state index is 0.00669. The highest BCUT2D eigenvalue weighted by atomic mass is 35.5. The van der Waals surface area contributed by atoms with E-state index in [0.717, 1.165) is 42.6 Å². The summed E-state index contributed by atoms with van der Waals surface area (Å²) in [6.07, 6.45) is 0.282. The van der Waals surface area contributed by atoms with Gasteiger partial charge in [-0.15, -0.1) is 22.7 Å². The van der Waals surface area contributed by atoms with Crippen LogP contribution in [0.15, 0.2) is 47.2 Å². The molecule has 0 spiro atoms. The maximum absolute atomic E-state index is 12.6. The zero-order valence-electron chi connectivity index (χ0n) is 15.8. The number of benzene rings is 1. The number of amides is 1. The van der Waals surface area contributed by atoms with Crippen LogP contribution in [0, 0.1) is 0 Å². The van der Waals surface area contributed by atoms with Gasteiger partial charge in [-0.05, 0) is 23.6 Å². The van der Waals surface area contributed by atoms with Crippen molar-refractivity contribution in [2.45, 2.75) is 12.5 Å². The summed E-state index contributed by atoms with van der Waals surface area (Å²) in [5, 5.41) is 8.73. The lowest BCUT2D eigenvalue weighted by Crippen LogP contribution is -2.43. The zero-order chi connectivity index (χ0) is 20.1. The predicted molar refractivity (Wildman–Crippen MR) is 119 cm³/mol. The van der Waals surface area contributed by atoms with E-state index in [-0.39, 0.29) is 18.4 Å². The number of rotatable bonds is 7. The van der Waals surface area contributed by atoms with Crippen molar-refractivity contribution in [3.8, 4) is 10.6 Å².